The van der Waals surface area contributed by atoms with Gasteiger partial charge in [0.2, 0.25) is 11.0 Å². The molecule has 2 aromatic heterocycles. The van der Waals surface area contributed by atoms with Crippen molar-refractivity contribution in [3.63, 3.8) is 0 Å². The van der Waals surface area contributed by atoms with Crippen LogP contribution in [0.5, 0.6) is 0 Å². The van der Waals surface area contributed by atoms with Crippen LogP contribution in [0.2, 0.25) is 0 Å². The van der Waals surface area contributed by atoms with Gasteiger partial charge >= 0.3 is 0 Å². The van der Waals surface area contributed by atoms with Gasteiger partial charge < -0.3 is 10.6 Å². The fraction of sp³-hybridized carbons (Fsp3) is 0.500. The van der Waals surface area contributed by atoms with Gasteiger partial charge in [0.15, 0.2) is 4.34 Å². The second-order valence-electron chi connectivity index (χ2n) is 5.05. The Morgan fingerprint density at radius 2 is 2.18 bits per heavy atom. The summed E-state index contributed by atoms with van der Waals surface area (Å²) in [5.74, 6) is 0.0300. The number of carbonyl (C=O) groups excluding carboxylic acids is 1. The summed E-state index contributed by atoms with van der Waals surface area (Å²) in [5, 5.41) is 17.1. The average Bonchev–Trinajstić information content (AvgIpc) is 3.10. The zero-order valence-electron chi connectivity index (χ0n) is 12.8. The molecule has 2 rings (SSSR count). The Bertz CT molecular complexity index is 583. The molecule has 22 heavy (non-hydrogen) atoms. The molecule has 0 radical (unpaired) electrons. The van der Waals surface area contributed by atoms with Crippen LogP contribution in [0, 0.1) is 0 Å². The molecule has 0 saturated heterocycles. The first kappa shape index (κ1) is 17.2. The molecular formula is C14H20N4OS3. The molecule has 0 fully saturated rings. The molecule has 0 aromatic carbocycles. The number of nitrogens with zero attached hydrogens (tertiary/aromatic N) is 2. The minimum atomic E-state index is -0.172. The van der Waals surface area contributed by atoms with Crippen LogP contribution in [-0.2, 0) is 11.2 Å². The number of hydrogen-bond donors (Lipinski definition) is 2. The summed E-state index contributed by atoms with van der Waals surface area (Å²) in [6.45, 7) is 6.63. The highest BCUT2D eigenvalue weighted by Crippen LogP contribution is 2.29. The van der Waals surface area contributed by atoms with Gasteiger partial charge in [-0.25, -0.2) is 0 Å². The Morgan fingerprint density at radius 3 is 2.86 bits per heavy atom. The maximum Gasteiger partial charge on any atom is 0.233 e. The summed E-state index contributed by atoms with van der Waals surface area (Å²) in [5.41, 5.74) is 0. The first-order valence-corrected chi connectivity index (χ1v) is 9.69. The van der Waals surface area contributed by atoms with E-state index in [2.05, 4.69) is 38.3 Å². The Labute approximate surface area is 142 Å². The highest BCUT2D eigenvalue weighted by molar-refractivity contribution is 8.02. The number of nitrogens with one attached hydrogen (secondary N) is 2. The quantitative estimate of drug-likeness (QED) is 0.711. The molecule has 2 aromatic rings. The molecule has 0 aliphatic rings. The van der Waals surface area contributed by atoms with Crippen molar-refractivity contribution in [2.75, 3.05) is 11.9 Å². The van der Waals surface area contributed by atoms with E-state index in [1.54, 1.807) is 11.3 Å². The first-order valence-electron chi connectivity index (χ1n) is 7.11. The van der Waals surface area contributed by atoms with Gasteiger partial charge in [-0.15, -0.1) is 21.5 Å². The van der Waals surface area contributed by atoms with Crippen LogP contribution in [0.15, 0.2) is 21.9 Å². The van der Waals surface area contributed by atoms with Crippen LogP contribution in [0.1, 0.15) is 25.6 Å². The normalized spacial score (nSPS) is 12.4. The van der Waals surface area contributed by atoms with Crippen LogP contribution in [-0.4, -0.2) is 33.9 Å². The van der Waals surface area contributed by atoms with Gasteiger partial charge in [0.25, 0.3) is 0 Å². The van der Waals surface area contributed by atoms with Crippen molar-refractivity contribution in [2.45, 2.75) is 42.8 Å². The lowest BCUT2D eigenvalue weighted by molar-refractivity contribution is -0.120. The summed E-state index contributed by atoms with van der Waals surface area (Å²) >= 11 is 4.69. The minimum absolute atomic E-state index is 0.0300. The number of hydrogen-bond acceptors (Lipinski definition) is 7. The van der Waals surface area contributed by atoms with Crippen LogP contribution in [0.25, 0.3) is 0 Å². The SMILES string of the molecule is CC(C)NC(=O)C(C)Sc1nnc(NCCc2cccs2)s1. The molecule has 5 nitrogen and oxygen atoms in total. The highest BCUT2D eigenvalue weighted by Gasteiger charge is 2.17. The fourth-order valence-electron chi connectivity index (χ4n) is 1.68. The van der Waals surface area contributed by atoms with Crippen LogP contribution in [0.4, 0.5) is 5.13 Å². The van der Waals surface area contributed by atoms with E-state index >= 15 is 0 Å². The molecular weight excluding hydrogens is 336 g/mol. The van der Waals surface area contributed by atoms with Crippen molar-refractivity contribution < 1.29 is 4.79 Å². The number of thioether (sulfide) groups is 1. The number of amides is 1. The monoisotopic (exact) mass is 356 g/mol. The van der Waals surface area contributed by atoms with Gasteiger partial charge in [0, 0.05) is 17.5 Å². The molecule has 1 unspecified atom stereocenters. The molecule has 0 saturated carbocycles. The van der Waals surface area contributed by atoms with E-state index < -0.39 is 0 Å². The largest absolute Gasteiger partial charge is 0.360 e. The molecule has 2 heterocycles. The molecule has 120 valence electrons. The highest BCUT2D eigenvalue weighted by atomic mass is 32.2. The smallest absolute Gasteiger partial charge is 0.233 e. The lowest BCUT2D eigenvalue weighted by Crippen LogP contribution is -2.35. The van der Waals surface area contributed by atoms with E-state index in [9.17, 15) is 4.79 Å². The minimum Gasteiger partial charge on any atom is -0.360 e. The van der Waals surface area contributed by atoms with E-state index in [0.717, 1.165) is 22.4 Å². The molecule has 0 aliphatic heterocycles. The second kappa shape index (κ2) is 8.50. The van der Waals surface area contributed by atoms with Crippen LogP contribution < -0.4 is 10.6 Å². The van der Waals surface area contributed by atoms with Crippen molar-refractivity contribution in [3.8, 4) is 0 Å². The van der Waals surface area contributed by atoms with Crippen molar-refractivity contribution >= 4 is 45.5 Å². The van der Waals surface area contributed by atoms with Crippen molar-refractivity contribution in [1.82, 2.24) is 15.5 Å². The van der Waals surface area contributed by atoms with E-state index in [-0.39, 0.29) is 17.2 Å². The Kier molecular flexibility index (Phi) is 6.66. The average molecular weight is 357 g/mol. The molecule has 0 spiro atoms. The summed E-state index contributed by atoms with van der Waals surface area (Å²) < 4.78 is 0.810. The summed E-state index contributed by atoms with van der Waals surface area (Å²) in [7, 11) is 0. The number of anilines is 1. The van der Waals surface area contributed by atoms with Gasteiger partial charge in [-0.3, -0.25) is 4.79 Å². The topological polar surface area (TPSA) is 66.9 Å². The summed E-state index contributed by atoms with van der Waals surface area (Å²) in [6.07, 6.45) is 0.979. The predicted octanol–water partition coefficient (Wildman–Crippen LogP) is 3.26. The molecule has 1 atom stereocenters. The standard InChI is InChI=1S/C14H20N4OS3/c1-9(2)16-12(19)10(3)21-14-18-17-13(22-14)15-7-6-11-5-4-8-20-11/h4-5,8-10H,6-7H2,1-3H3,(H,15,17)(H,16,19). The lowest BCUT2D eigenvalue weighted by Gasteiger charge is -2.12. The van der Waals surface area contributed by atoms with Crippen molar-refractivity contribution in [2.24, 2.45) is 0 Å². The van der Waals surface area contributed by atoms with E-state index in [4.69, 9.17) is 0 Å². The van der Waals surface area contributed by atoms with E-state index in [0.29, 0.717) is 0 Å². The van der Waals surface area contributed by atoms with Crippen LogP contribution >= 0.6 is 34.4 Å². The zero-order valence-corrected chi connectivity index (χ0v) is 15.3. The summed E-state index contributed by atoms with van der Waals surface area (Å²) in [6, 6.07) is 4.34. The van der Waals surface area contributed by atoms with Gasteiger partial charge in [0.05, 0.1) is 5.25 Å². The maximum absolute atomic E-state index is 11.9. The molecule has 2 N–H and O–H groups in total. The molecule has 0 aliphatic carbocycles. The number of rotatable bonds is 8. The Morgan fingerprint density at radius 1 is 1.36 bits per heavy atom. The van der Waals surface area contributed by atoms with Gasteiger partial charge in [-0.2, -0.15) is 0 Å². The third-order valence-electron chi connectivity index (χ3n) is 2.71. The van der Waals surface area contributed by atoms with Gasteiger partial charge in [-0.1, -0.05) is 29.2 Å². The zero-order chi connectivity index (χ0) is 15.9. The van der Waals surface area contributed by atoms with Crippen molar-refractivity contribution in [3.05, 3.63) is 22.4 Å². The van der Waals surface area contributed by atoms with Crippen molar-refractivity contribution in [1.29, 1.82) is 0 Å². The number of thiophene rings is 1. The third-order valence-corrected chi connectivity index (χ3v) is 5.71. The number of carbonyl (C=O) groups is 1. The van der Waals surface area contributed by atoms with Crippen LogP contribution in [0.3, 0.4) is 0 Å². The predicted molar refractivity (Wildman–Crippen MR) is 95.0 cm³/mol. The summed E-state index contributed by atoms with van der Waals surface area (Å²) in [4.78, 5) is 13.2. The molecule has 8 heteroatoms. The van der Waals surface area contributed by atoms with E-state index in [1.165, 1.54) is 28.0 Å². The Hall–Kier alpha value is -1.12. The van der Waals surface area contributed by atoms with Gasteiger partial charge in [-0.05, 0) is 38.6 Å². The van der Waals surface area contributed by atoms with Gasteiger partial charge in [0.1, 0.15) is 0 Å². The maximum atomic E-state index is 11.9. The number of aromatic nitrogens is 2. The first-order chi connectivity index (χ1) is 10.5. The second-order valence-corrected chi connectivity index (χ2v) is 8.65. The molecule has 1 amide bonds. The lowest BCUT2D eigenvalue weighted by atomic mass is 10.3. The Balaban J connectivity index is 1.77. The van der Waals surface area contributed by atoms with E-state index in [1.807, 2.05) is 20.8 Å². The fourth-order valence-corrected chi connectivity index (χ4v) is 4.32. The third kappa shape index (κ3) is 5.58. The molecule has 0 bridgehead atoms.